The van der Waals surface area contributed by atoms with E-state index in [2.05, 4.69) is 43.8 Å². The van der Waals surface area contributed by atoms with Gasteiger partial charge in [-0.25, -0.2) is 0 Å². The van der Waals surface area contributed by atoms with Crippen molar-refractivity contribution in [3.8, 4) is 11.3 Å². The molecule has 0 saturated carbocycles. The summed E-state index contributed by atoms with van der Waals surface area (Å²) in [7, 11) is 0. The van der Waals surface area contributed by atoms with E-state index in [-0.39, 0.29) is 5.54 Å². The number of aromatic nitrogens is 1. The third-order valence-electron chi connectivity index (χ3n) is 2.38. The molecule has 78 valence electrons. The summed E-state index contributed by atoms with van der Waals surface area (Å²) in [6.07, 6.45) is 5.88. The first-order valence-corrected chi connectivity index (χ1v) is 5.13. The Bertz CT molecular complexity index is 438. The topological polar surface area (TPSA) is 17.0 Å². The second-order valence-electron chi connectivity index (χ2n) is 4.65. The van der Waals surface area contributed by atoms with Crippen molar-refractivity contribution in [3.63, 3.8) is 0 Å². The summed E-state index contributed by atoms with van der Waals surface area (Å²) in [5, 5.41) is 0. The summed E-state index contributed by atoms with van der Waals surface area (Å²) in [6.45, 7) is 6.54. The number of nitrogens with zero attached hydrogens (tertiary/aromatic N) is 1. The first-order chi connectivity index (χ1) is 7.07. The van der Waals surface area contributed by atoms with Crippen LogP contribution in [0.1, 0.15) is 20.8 Å². The van der Waals surface area contributed by atoms with Crippen molar-refractivity contribution in [2.24, 2.45) is 0 Å². The molecular formula is C13H16NO+. The maximum Gasteiger partial charge on any atom is 0.180 e. The van der Waals surface area contributed by atoms with E-state index in [9.17, 15) is 0 Å². The zero-order valence-corrected chi connectivity index (χ0v) is 9.40. The van der Waals surface area contributed by atoms with Gasteiger partial charge in [0.05, 0.1) is 11.8 Å². The summed E-state index contributed by atoms with van der Waals surface area (Å²) in [5.74, 6) is 0.911. The summed E-state index contributed by atoms with van der Waals surface area (Å²) in [5.41, 5.74) is 1.21. The highest BCUT2D eigenvalue weighted by Gasteiger charge is 2.21. The SMILES string of the molecule is CC(C)(C)[n+]1cccc(-c2ccco2)c1. The molecule has 0 unspecified atom stereocenters. The van der Waals surface area contributed by atoms with Gasteiger partial charge in [-0.3, -0.25) is 0 Å². The summed E-state index contributed by atoms with van der Waals surface area (Å²) < 4.78 is 7.56. The normalized spacial score (nSPS) is 11.7. The van der Waals surface area contributed by atoms with E-state index in [1.54, 1.807) is 6.26 Å². The molecular weight excluding hydrogens is 186 g/mol. The maximum atomic E-state index is 5.37. The molecule has 0 aliphatic heterocycles. The van der Waals surface area contributed by atoms with Crippen LogP contribution in [-0.2, 0) is 5.54 Å². The average Bonchev–Trinajstić information content (AvgIpc) is 2.69. The van der Waals surface area contributed by atoms with Crippen LogP contribution in [-0.4, -0.2) is 0 Å². The summed E-state index contributed by atoms with van der Waals surface area (Å²) in [4.78, 5) is 0. The molecule has 2 aromatic heterocycles. The van der Waals surface area contributed by atoms with Crippen molar-refractivity contribution < 1.29 is 8.98 Å². The Hall–Kier alpha value is -1.57. The van der Waals surface area contributed by atoms with E-state index >= 15 is 0 Å². The highest BCUT2D eigenvalue weighted by atomic mass is 16.3. The molecule has 0 aliphatic rings. The summed E-state index contributed by atoms with van der Waals surface area (Å²) in [6, 6.07) is 7.98. The van der Waals surface area contributed by atoms with Crippen LogP contribution in [0, 0.1) is 0 Å². The minimum atomic E-state index is 0.0998. The van der Waals surface area contributed by atoms with Gasteiger partial charge >= 0.3 is 0 Å². The van der Waals surface area contributed by atoms with E-state index in [1.807, 2.05) is 18.2 Å². The molecule has 2 aromatic rings. The van der Waals surface area contributed by atoms with Crippen molar-refractivity contribution in [1.82, 2.24) is 0 Å². The van der Waals surface area contributed by atoms with Crippen molar-refractivity contribution in [1.29, 1.82) is 0 Å². The third kappa shape index (κ3) is 2.09. The van der Waals surface area contributed by atoms with Crippen LogP contribution in [0.15, 0.2) is 47.3 Å². The van der Waals surface area contributed by atoms with E-state index in [0.29, 0.717) is 0 Å². The number of furan rings is 1. The molecule has 0 radical (unpaired) electrons. The maximum absolute atomic E-state index is 5.37. The van der Waals surface area contributed by atoms with Gasteiger partial charge in [-0.05, 0) is 18.2 Å². The largest absolute Gasteiger partial charge is 0.464 e. The minimum Gasteiger partial charge on any atom is -0.464 e. The summed E-state index contributed by atoms with van der Waals surface area (Å²) >= 11 is 0. The molecule has 0 N–H and O–H groups in total. The zero-order valence-electron chi connectivity index (χ0n) is 9.40. The standard InChI is InChI=1S/C13H16NO/c1-13(2,3)14-8-4-6-11(10-14)12-7-5-9-15-12/h4-10H,1-3H3/q+1. The lowest BCUT2D eigenvalue weighted by atomic mass is 10.1. The first kappa shape index (κ1) is 9.97. The molecule has 0 fully saturated rings. The number of rotatable bonds is 1. The van der Waals surface area contributed by atoms with Crippen LogP contribution in [0.3, 0.4) is 0 Å². The Morgan fingerprint density at radius 2 is 1.93 bits per heavy atom. The second kappa shape index (κ2) is 3.54. The molecule has 0 saturated heterocycles. The van der Waals surface area contributed by atoms with E-state index in [1.165, 1.54) is 0 Å². The Kier molecular flexibility index (Phi) is 2.35. The van der Waals surface area contributed by atoms with Gasteiger partial charge in [0.1, 0.15) is 5.76 Å². The predicted octanol–water partition coefficient (Wildman–Crippen LogP) is 2.99. The van der Waals surface area contributed by atoms with Gasteiger partial charge in [-0.15, -0.1) is 0 Å². The smallest absolute Gasteiger partial charge is 0.180 e. The van der Waals surface area contributed by atoms with Gasteiger partial charge in [-0.2, -0.15) is 4.57 Å². The molecule has 0 spiro atoms. The van der Waals surface area contributed by atoms with E-state index in [4.69, 9.17) is 4.42 Å². The quantitative estimate of drug-likeness (QED) is 0.650. The minimum absolute atomic E-state index is 0.0998. The number of hydrogen-bond donors (Lipinski definition) is 0. The molecule has 2 nitrogen and oxygen atoms in total. The number of pyridine rings is 1. The molecule has 2 heterocycles. The van der Waals surface area contributed by atoms with Gasteiger partial charge in [0, 0.05) is 26.8 Å². The zero-order chi connectivity index (χ0) is 10.9. The van der Waals surface area contributed by atoms with Gasteiger partial charge in [0.15, 0.2) is 17.9 Å². The molecule has 0 aliphatic carbocycles. The highest BCUT2D eigenvalue weighted by Crippen LogP contribution is 2.18. The van der Waals surface area contributed by atoms with Gasteiger partial charge in [-0.1, -0.05) is 0 Å². The molecule has 0 aromatic carbocycles. The molecule has 2 rings (SSSR count). The lowest BCUT2D eigenvalue weighted by Crippen LogP contribution is -2.49. The van der Waals surface area contributed by atoms with Crippen LogP contribution >= 0.6 is 0 Å². The van der Waals surface area contributed by atoms with Crippen LogP contribution in [0.4, 0.5) is 0 Å². The van der Waals surface area contributed by atoms with E-state index < -0.39 is 0 Å². The van der Waals surface area contributed by atoms with Crippen LogP contribution in [0.2, 0.25) is 0 Å². The van der Waals surface area contributed by atoms with Gasteiger partial charge < -0.3 is 4.42 Å². The average molecular weight is 202 g/mol. The van der Waals surface area contributed by atoms with Crippen LogP contribution in [0.25, 0.3) is 11.3 Å². The fourth-order valence-electron chi connectivity index (χ4n) is 1.48. The molecule has 0 bridgehead atoms. The Morgan fingerprint density at radius 3 is 2.53 bits per heavy atom. The molecule has 0 amide bonds. The fraction of sp³-hybridized carbons (Fsp3) is 0.308. The molecule has 2 heteroatoms. The van der Waals surface area contributed by atoms with Crippen molar-refractivity contribution >= 4 is 0 Å². The molecule has 0 atom stereocenters. The first-order valence-electron chi connectivity index (χ1n) is 5.13. The Balaban J connectivity index is 2.44. The highest BCUT2D eigenvalue weighted by molar-refractivity contribution is 5.54. The van der Waals surface area contributed by atoms with Crippen molar-refractivity contribution in [2.75, 3.05) is 0 Å². The van der Waals surface area contributed by atoms with Crippen molar-refractivity contribution in [3.05, 3.63) is 42.9 Å². The van der Waals surface area contributed by atoms with E-state index in [0.717, 1.165) is 11.3 Å². The predicted molar refractivity (Wildman–Crippen MR) is 59.3 cm³/mol. The molecule has 15 heavy (non-hydrogen) atoms. The monoisotopic (exact) mass is 202 g/mol. The van der Waals surface area contributed by atoms with Gasteiger partial charge in [0.2, 0.25) is 0 Å². The lowest BCUT2D eigenvalue weighted by Gasteiger charge is -2.12. The van der Waals surface area contributed by atoms with Crippen LogP contribution in [0.5, 0.6) is 0 Å². The Labute approximate surface area is 90.2 Å². The lowest BCUT2D eigenvalue weighted by molar-refractivity contribution is -0.753. The van der Waals surface area contributed by atoms with Gasteiger partial charge in [0.25, 0.3) is 0 Å². The fourth-order valence-corrected chi connectivity index (χ4v) is 1.48. The Morgan fingerprint density at radius 1 is 1.13 bits per heavy atom. The third-order valence-corrected chi connectivity index (χ3v) is 2.38. The van der Waals surface area contributed by atoms with Crippen molar-refractivity contribution in [2.45, 2.75) is 26.3 Å². The second-order valence-corrected chi connectivity index (χ2v) is 4.65. The number of hydrogen-bond acceptors (Lipinski definition) is 1. The van der Waals surface area contributed by atoms with Crippen LogP contribution < -0.4 is 4.57 Å².